The largest absolute Gasteiger partial charge is 0.192 e. The van der Waals surface area contributed by atoms with Crippen molar-refractivity contribution < 1.29 is 0 Å². The topological polar surface area (TPSA) is 23.8 Å². The normalized spacial score (nSPS) is 8.90. The predicted octanol–water partition coefficient (Wildman–Crippen LogP) is 3.08. The summed E-state index contributed by atoms with van der Waals surface area (Å²) in [6.07, 6.45) is 0. The van der Waals surface area contributed by atoms with E-state index in [9.17, 15) is 0 Å². The highest BCUT2D eigenvalue weighted by atomic mass is 79.9. The fraction of sp³-hybridized carbons (Fsp3) is 0. The van der Waals surface area contributed by atoms with Crippen molar-refractivity contribution in [2.75, 3.05) is 0 Å². The lowest BCUT2D eigenvalue weighted by Gasteiger charge is -1.94. The molecule has 0 aliphatic carbocycles. The molecule has 0 amide bonds. The Labute approximate surface area is 75.9 Å². The summed E-state index contributed by atoms with van der Waals surface area (Å²) in [6.45, 7) is 0. The molecule has 0 fully saturated rings. The summed E-state index contributed by atoms with van der Waals surface area (Å²) >= 11 is 6.51. The quantitative estimate of drug-likeness (QED) is 0.703. The van der Waals surface area contributed by atoms with Crippen LogP contribution in [-0.2, 0) is 0 Å². The molecule has 0 radical (unpaired) electrons. The van der Waals surface area contributed by atoms with Gasteiger partial charge in [-0.15, -0.1) is 0 Å². The van der Waals surface area contributed by atoms with E-state index >= 15 is 0 Å². The first-order valence-electron chi connectivity index (χ1n) is 2.60. The summed E-state index contributed by atoms with van der Waals surface area (Å²) in [5, 5.41) is 8.59. The molecule has 10 heavy (non-hydrogen) atoms. The molecule has 1 rings (SSSR count). The van der Waals surface area contributed by atoms with E-state index in [1.807, 2.05) is 18.2 Å². The summed E-state index contributed by atoms with van der Waals surface area (Å²) in [7, 11) is 0. The van der Waals surface area contributed by atoms with Crippen molar-refractivity contribution >= 4 is 31.9 Å². The second-order valence-corrected chi connectivity index (χ2v) is 3.42. The first-order chi connectivity index (χ1) is 4.75. The van der Waals surface area contributed by atoms with E-state index in [1.165, 1.54) is 0 Å². The van der Waals surface area contributed by atoms with Crippen LogP contribution in [0.3, 0.4) is 0 Å². The van der Waals surface area contributed by atoms with E-state index < -0.39 is 0 Å². The molecule has 0 atom stereocenters. The molecular formula is C7H3Br2N. The van der Waals surface area contributed by atoms with Crippen molar-refractivity contribution in [3.05, 3.63) is 32.7 Å². The van der Waals surface area contributed by atoms with E-state index in [0.717, 1.165) is 8.95 Å². The Bertz CT molecular complexity index is 268. The maximum atomic E-state index is 8.59. The SMILES string of the molecule is N#Cc1c(Br)cccc1Br. The molecule has 0 unspecified atom stereocenters. The zero-order valence-corrected chi connectivity index (χ0v) is 8.11. The molecule has 1 aromatic carbocycles. The Morgan fingerprint density at radius 2 is 1.70 bits per heavy atom. The van der Waals surface area contributed by atoms with Crippen LogP contribution in [0.25, 0.3) is 0 Å². The van der Waals surface area contributed by atoms with Crippen LogP contribution in [0.1, 0.15) is 5.56 Å². The van der Waals surface area contributed by atoms with Gasteiger partial charge in [-0.25, -0.2) is 0 Å². The van der Waals surface area contributed by atoms with Crippen molar-refractivity contribution in [3.63, 3.8) is 0 Å². The average Bonchev–Trinajstić information content (AvgIpc) is 1.88. The summed E-state index contributed by atoms with van der Waals surface area (Å²) in [6, 6.07) is 7.61. The lowest BCUT2D eigenvalue weighted by molar-refractivity contribution is 1.44. The van der Waals surface area contributed by atoms with Gasteiger partial charge in [0.15, 0.2) is 0 Å². The molecule has 0 heterocycles. The number of nitriles is 1. The van der Waals surface area contributed by atoms with Gasteiger partial charge in [0.1, 0.15) is 6.07 Å². The maximum absolute atomic E-state index is 8.59. The van der Waals surface area contributed by atoms with Crippen LogP contribution in [0, 0.1) is 11.3 Å². The van der Waals surface area contributed by atoms with Gasteiger partial charge in [-0.1, -0.05) is 6.07 Å². The molecule has 0 aliphatic heterocycles. The number of nitrogens with zero attached hydrogens (tertiary/aromatic N) is 1. The van der Waals surface area contributed by atoms with Crippen molar-refractivity contribution in [2.45, 2.75) is 0 Å². The van der Waals surface area contributed by atoms with Gasteiger partial charge in [0.2, 0.25) is 0 Å². The zero-order valence-electron chi connectivity index (χ0n) is 4.94. The summed E-state index contributed by atoms with van der Waals surface area (Å²) in [5.41, 5.74) is 0.641. The van der Waals surface area contributed by atoms with Gasteiger partial charge in [0.05, 0.1) is 5.56 Å². The fourth-order valence-corrected chi connectivity index (χ4v) is 1.78. The van der Waals surface area contributed by atoms with Gasteiger partial charge in [-0.05, 0) is 44.0 Å². The minimum absolute atomic E-state index is 0.641. The molecule has 3 heteroatoms. The van der Waals surface area contributed by atoms with Gasteiger partial charge >= 0.3 is 0 Å². The predicted molar refractivity (Wildman–Crippen MR) is 46.6 cm³/mol. The Hall–Kier alpha value is -0.330. The third-order valence-electron chi connectivity index (χ3n) is 1.07. The Balaban J connectivity index is 3.34. The zero-order chi connectivity index (χ0) is 7.56. The molecule has 0 N–H and O–H groups in total. The van der Waals surface area contributed by atoms with E-state index in [0.29, 0.717) is 5.56 Å². The minimum Gasteiger partial charge on any atom is -0.192 e. The van der Waals surface area contributed by atoms with Gasteiger partial charge < -0.3 is 0 Å². The summed E-state index contributed by atoms with van der Waals surface area (Å²) < 4.78 is 1.65. The van der Waals surface area contributed by atoms with Gasteiger partial charge in [-0.2, -0.15) is 5.26 Å². The van der Waals surface area contributed by atoms with Crippen LogP contribution in [0.15, 0.2) is 27.1 Å². The van der Waals surface area contributed by atoms with Gasteiger partial charge in [0.25, 0.3) is 0 Å². The number of hydrogen-bond donors (Lipinski definition) is 0. The third kappa shape index (κ3) is 1.39. The van der Waals surface area contributed by atoms with E-state index in [-0.39, 0.29) is 0 Å². The summed E-state index contributed by atoms with van der Waals surface area (Å²) in [4.78, 5) is 0. The van der Waals surface area contributed by atoms with Crippen molar-refractivity contribution in [1.82, 2.24) is 0 Å². The van der Waals surface area contributed by atoms with E-state index in [2.05, 4.69) is 37.9 Å². The lowest BCUT2D eigenvalue weighted by atomic mass is 10.2. The van der Waals surface area contributed by atoms with E-state index in [1.54, 1.807) is 0 Å². The second kappa shape index (κ2) is 3.18. The number of hydrogen-bond acceptors (Lipinski definition) is 1. The lowest BCUT2D eigenvalue weighted by Crippen LogP contribution is -1.77. The highest BCUT2D eigenvalue weighted by Gasteiger charge is 2.00. The molecular weight excluding hydrogens is 258 g/mol. The monoisotopic (exact) mass is 259 g/mol. The van der Waals surface area contributed by atoms with Crippen LogP contribution in [0.2, 0.25) is 0 Å². The van der Waals surface area contributed by atoms with Gasteiger partial charge in [0, 0.05) is 8.95 Å². The van der Waals surface area contributed by atoms with Crippen LogP contribution < -0.4 is 0 Å². The molecule has 0 bridgehead atoms. The standard InChI is InChI=1S/C7H3Br2N/c8-6-2-1-3-7(9)5(6)4-10/h1-3H. The molecule has 0 saturated carbocycles. The molecule has 50 valence electrons. The van der Waals surface area contributed by atoms with Crippen LogP contribution in [0.4, 0.5) is 0 Å². The van der Waals surface area contributed by atoms with Crippen molar-refractivity contribution in [1.29, 1.82) is 5.26 Å². The highest BCUT2D eigenvalue weighted by molar-refractivity contribution is 9.11. The Morgan fingerprint density at radius 1 is 1.20 bits per heavy atom. The average molecular weight is 261 g/mol. The van der Waals surface area contributed by atoms with Crippen LogP contribution in [0.5, 0.6) is 0 Å². The third-order valence-corrected chi connectivity index (χ3v) is 2.40. The van der Waals surface area contributed by atoms with Crippen LogP contribution in [-0.4, -0.2) is 0 Å². The Kier molecular flexibility index (Phi) is 2.47. The molecule has 0 saturated heterocycles. The number of halogens is 2. The highest BCUT2D eigenvalue weighted by Crippen LogP contribution is 2.23. The second-order valence-electron chi connectivity index (χ2n) is 1.71. The molecule has 0 aliphatic rings. The summed E-state index contributed by atoms with van der Waals surface area (Å²) in [5.74, 6) is 0. The first kappa shape index (κ1) is 7.77. The van der Waals surface area contributed by atoms with Crippen molar-refractivity contribution in [2.24, 2.45) is 0 Å². The first-order valence-corrected chi connectivity index (χ1v) is 4.18. The fourth-order valence-electron chi connectivity index (χ4n) is 0.605. The minimum atomic E-state index is 0.641. The van der Waals surface area contributed by atoms with Gasteiger partial charge in [-0.3, -0.25) is 0 Å². The molecule has 1 aromatic rings. The van der Waals surface area contributed by atoms with Crippen LogP contribution >= 0.6 is 31.9 Å². The number of benzene rings is 1. The maximum Gasteiger partial charge on any atom is 0.102 e. The van der Waals surface area contributed by atoms with E-state index in [4.69, 9.17) is 5.26 Å². The molecule has 0 spiro atoms. The molecule has 1 nitrogen and oxygen atoms in total. The number of rotatable bonds is 0. The van der Waals surface area contributed by atoms with Crippen molar-refractivity contribution in [3.8, 4) is 6.07 Å². The smallest absolute Gasteiger partial charge is 0.102 e. The Morgan fingerprint density at radius 3 is 2.00 bits per heavy atom. The molecule has 0 aromatic heterocycles.